The molecule has 5 heteroatoms. The molecule has 0 spiro atoms. The standard InChI is InChI=1S/C88H172O5/c1-3-5-7-9-11-13-15-17-19-21-23-25-27-29-31-33-35-37-39-41-43-45-46-48-50-52-54-56-58-60-62-64-66-68-70-72-74-76-78-80-82-87(90)92-85-86(84-89)93-88(91)83-81-79-77-75-73-71-69-67-65-63-61-59-57-55-53-51-49-47-44-42-40-38-36-34-32-30-28-26-24-22-20-18-16-14-12-10-8-6-4-2/h22,24,86,89H,3-21,23,25-85H2,1-2H3/b24-22-. The van der Waals surface area contributed by atoms with Crippen molar-refractivity contribution < 1.29 is 24.2 Å². The quantitative estimate of drug-likeness (QED) is 0.0373. The zero-order valence-electron chi connectivity index (χ0n) is 64.1. The summed E-state index contributed by atoms with van der Waals surface area (Å²) in [6, 6.07) is 0. The van der Waals surface area contributed by atoms with Gasteiger partial charge in [-0.15, -0.1) is 0 Å². The molecule has 0 radical (unpaired) electrons. The number of aliphatic hydroxyl groups is 1. The van der Waals surface area contributed by atoms with E-state index in [4.69, 9.17) is 9.47 Å². The van der Waals surface area contributed by atoms with E-state index in [9.17, 15) is 14.7 Å². The van der Waals surface area contributed by atoms with Crippen molar-refractivity contribution in [2.45, 2.75) is 527 Å². The molecule has 0 aliphatic carbocycles. The van der Waals surface area contributed by atoms with Crippen molar-refractivity contribution >= 4 is 11.9 Å². The molecule has 554 valence electrons. The second-order valence-electron chi connectivity index (χ2n) is 30.3. The first-order valence-electron chi connectivity index (χ1n) is 43.7. The van der Waals surface area contributed by atoms with E-state index in [1.165, 1.54) is 462 Å². The van der Waals surface area contributed by atoms with Crippen molar-refractivity contribution in [2.24, 2.45) is 0 Å². The Balaban J connectivity index is 3.32. The fraction of sp³-hybridized carbons (Fsp3) is 0.955. The molecule has 0 aromatic carbocycles. The van der Waals surface area contributed by atoms with Gasteiger partial charge >= 0.3 is 11.9 Å². The molecule has 1 N–H and O–H groups in total. The van der Waals surface area contributed by atoms with Crippen LogP contribution in [-0.4, -0.2) is 36.4 Å². The summed E-state index contributed by atoms with van der Waals surface area (Å²) < 4.78 is 10.8. The minimum atomic E-state index is -0.768. The molecular formula is C88H172O5. The zero-order valence-corrected chi connectivity index (χ0v) is 64.1. The third-order valence-electron chi connectivity index (χ3n) is 20.8. The van der Waals surface area contributed by atoms with Crippen molar-refractivity contribution in [1.29, 1.82) is 0 Å². The number of unbranched alkanes of at least 4 members (excludes halogenated alkanes) is 74. The second kappa shape index (κ2) is 84.9. The van der Waals surface area contributed by atoms with Crippen LogP contribution in [0.2, 0.25) is 0 Å². The second-order valence-corrected chi connectivity index (χ2v) is 30.3. The molecule has 0 rings (SSSR count). The van der Waals surface area contributed by atoms with Gasteiger partial charge in [0.25, 0.3) is 0 Å². The van der Waals surface area contributed by atoms with Gasteiger partial charge in [0.1, 0.15) is 6.61 Å². The topological polar surface area (TPSA) is 72.8 Å². The van der Waals surface area contributed by atoms with E-state index in [1.807, 2.05) is 0 Å². The van der Waals surface area contributed by atoms with Crippen LogP contribution in [-0.2, 0) is 19.1 Å². The number of hydrogen-bond acceptors (Lipinski definition) is 5. The molecule has 0 amide bonds. The molecule has 0 fully saturated rings. The Morgan fingerprint density at radius 1 is 0.237 bits per heavy atom. The Kier molecular flexibility index (Phi) is 83.6. The predicted octanol–water partition coefficient (Wildman–Crippen LogP) is 30.8. The number of rotatable bonds is 84. The average molecular weight is 1310 g/mol. The Morgan fingerprint density at radius 2 is 0.398 bits per heavy atom. The highest BCUT2D eigenvalue weighted by atomic mass is 16.6. The van der Waals surface area contributed by atoms with Gasteiger partial charge in [-0.1, -0.05) is 482 Å². The largest absolute Gasteiger partial charge is 0.462 e. The minimum absolute atomic E-state index is 0.0558. The van der Waals surface area contributed by atoms with Crippen LogP contribution in [0.3, 0.4) is 0 Å². The first kappa shape index (κ1) is 91.6. The first-order chi connectivity index (χ1) is 46.1. The Morgan fingerprint density at radius 3 is 0.581 bits per heavy atom. The smallest absolute Gasteiger partial charge is 0.306 e. The summed E-state index contributed by atoms with van der Waals surface area (Å²) >= 11 is 0. The van der Waals surface area contributed by atoms with E-state index in [-0.39, 0.29) is 25.2 Å². The number of carbonyl (C=O) groups excluding carboxylic acids is 2. The molecule has 0 bridgehead atoms. The molecule has 0 aliphatic heterocycles. The molecule has 0 saturated heterocycles. The van der Waals surface area contributed by atoms with Crippen LogP contribution >= 0.6 is 0 Å². The van der Waals surface area contributed by atoms with Crippen molar-refractivity contribution in [1.82, 2.24) is 0 Å². The number of hydrogen-bond donors (Lipinski definition) is 1. The molecule has 0 aliphatic rings. The Hall–Kier alpha value is -1.36. The lowest BCUT2D eigenvalue weighted by Crippen LogP contribution is -2.28. The minimum Gasteiger partial charge on any atom is -0.462 e. The lowest BCUT2D eigenvalue weighted by molar-refractivity contribution is -0.161. The molecule has 0 saturated carbocycles. The molecule has 5 nitrogen and oxygen atoms in total. The van der Waals surface area contributed by atoms with E-state index < -0.39 is 6.10 Å². The highest BCUT2D eigenvalue weighted by Crippen LogP contribution is 2.22. The monoisotopic (exact) mass is 1310 g/mol. The van der Waals surface area contributed by atoms with E-state index in [1.54, 1.807) is 0 Å². The summed E-state index contributed by atoms with van der Waals surface area (Å²) in [5.74, 6) is -0.555. The Labute approximate surface area is 585 Å². The molecule has 93 heavy (non-hydrogen) atoms. The fourth-order valence-electron chi connectivity index (χ4n) is 14.3. The van der Waals surface area contributed by atoms with Gasteiger partial charge in [0.2, 0.25) is 0 Å². The number of esters is 2. The van der Waals surface area contributed by atoms with E-state index in [0.29, 0.717) is 12.8 Å². The Bertz CT molecular complexity index is 1390. The molecule has 0 aromatic heterocycles. The molecule has 0 heterocycles. The molecule has 1 atom stereocenters. The van der Waals surface area contributed by atoms with Crippen molar-refractivity contribution in [2.75, 3.05) is 13.2 Å². The maximum Gasteiger partial charge on any atom is 0.306 e. The van der Waals surface area contributed by atoms with Gasteiger partial charge < -0.3 is 14.6 Å². The number of carbonyl (C=O) groups is 2. The zero-order chi connectivity index (χ0) is 66.8. The SMILES string of the molecule is CCCCCCCCCC/C=C\CCCCCCCCCCCCCCCCCCCCCCCCCCCCCC(=O)OC(CO)COC(=O)CCCCCCCCCCCCCCCCCCCCCCCCCCCCCCCCCCCCCCCCCC. The maximum atomic E-state index is 12.4. The average Bonchev–Trinajstić information content (AvgIpc) is 3.62. The summed E-state index contributed by atoms with van der Waals surface area (Å²) in [7, 11) is 0. The van der Waals surface area contributed by atoms with Crippen LogP contribution in [0.15, 0.2) is 12.2 Å². The predicted molar refractivity (Wildman–Crippen MR) is 413 cm³/mol. The van der Waals surface area contributed by atoms with Gasteiger partial charge in [-0.25, -0.2) is 0 Å². The van der Waals surface area contributed by atoms with Crippen LogP contribution in [0.5, 0.6) is 0 Å². The lowest BCUT2D eigenvalue weighted by Gasteiger charge is -2.15. The first-order valence-corrected chi connectivity index (χ1v) is 43.7. The van der Waals surface area contributed by atoms with Gasteiger partial charge in [-0.2, -0.15) is 0 Å². The summed E-state index contributed by atoms with van der Waals surface area (Å²) in [6.45, 7) is 4.23. The summed E-state index contributed by atoms with van der Waals surface area (Å²) in [5.41, 5.74) is 0. The number of allylic oxidation sites excluding steroid dienone is 2. The van der Waals surface area contributed by atoms with Crippen LogP contribution in [0.4, 0.5) is 0 Å². The van der Waals surface area contributed by atoms with E-state index >= 15 is 0 Å². The van der Waals surface area contributed by atoms with Crippen LogP contribution in [0.1, 0.15) is 521 Å². The summed E-state index contributed by atoms with van der Waals surface area (Å²) in [6.07, 6.45) is 112. The molecule has 1 unspecified atom stereocenters. The van der Waals surface area contributed by atoms with Crippen molar-refractivity contribution in [3.05, 3.63) is 12.2 Å². The van der Waals surface area contributed by atoms with Gasteiger partial charge in [0.15, 0.2) is 6.10 Å². The van der Waals surface area contributed by atoms with Crippen molar-refractivity contribution in [3.63, 3.8) is 0 Å². The van der Waals surface area contributed by atoms with Gasteiger partial charge in [-0.05, 0) is 38.5 Å². The molecule has 0 aromatic rings. The summed E-state index contributed by atoms with van der Waals surface area (Å²) in [5, 5.41) is 9.74. The van der Waals surface area contributed by atoms with E-state index in [0.717, 1.165) is 32.1 Å². The van der Waals surface area contributed by atoms with Crippen LogP contribution in [0, 0.1) is 0 Å². The maximum absolute atomic E-state index is 12.4. The van der Waals surface area contributed by atoms with E-state index in [2.05, 4.69) is 26.0 Å². The fourth-order valence-corrected chi connectivity index (χ4v) is 14.3. The number of ether oxygens (including phenoxy) is 2. The van der Waals surface area contributed by atoms with Gasteiger partial charge in [0.05, 0.1) is 6.61 Å². The van der Waals surface area contributed by atoms with Crippen LogP contribution in [0.25, 0.3) is 0 Å². The van der Waals surface area contributed by atoms with Crippen molar-refractivity contribution in [3.8, 4) is 0 Å². The lowest BCUT2D eigenvalue weighted by atomic mass is 10.0. The third-order valence-corrected chi connectivity index (χ3v) is 20.8. The third kappa shape index (κ3) is 83.0. The van der Waals surface area contributed by atoms with Crippen LogP contribution < -0.4 is 0 Å². The molecular weight excluding hydrogens is 1140 g/mol. The van der Waals surface area contributed by atoms with Gasteiger partial charge in [0, 0.05) is 12.8 Å². The normalized spacial score (nSPS) is 12.1. The number of aliphatic hydroxyl groups excluding tert-OH is 1. The highest BCUT2D eigenvalue weighted by Gasteiger charge is 2.16. The highest BCUT2D eigenvalue weighted by molar-refractivity contribution is 5.70. The summed E-state index contributed by atoms with van der Waals surface area (Å²) in [4.78, 5) is 24.8. The van der Waals surface area contributed by atoms with Gasteiger partial charge in [-0.3, -0.25) is 9.59 Å².